The molecule has 2 nitrogen and oxygen atoms in total. The highest BCUT2D eigenvalue weighted by Crippen LogP contribution is 2.27. The summed E-state index contributed by atoms with van der Waals surface area (Å²) in [5.41, 5.74) is 4.45. The highest BCUT2D eigenvalue weighted by atomic mass is 127. The van der Waals surface area contributed by atoms with E-state index in [9.17, 15) is 0 Å². The van der Waals surface area contributed by atoms with Crippen molar-refractivity contribution < 1.29 is 0 Å². The first-order valence-corrected chi connectivity index (χ1v) is 8.08. The molecule has 0 heterocycles. The molecule has 3 N–H and O–H groups in total. The molecule has 100 valence electrons. The standard InChI is InChI=1S/C15H23IN2/c16-14-9-7-12(8-10-14)11-15(18-17)13-5-3-1-2-4-6-13/h7-10,13,15,18H,1-6,11,17H2. The maximum atomic E-state index is 5.78. The SMILES string of the molecule is NNC(Cc1ccc(I)cc1)C1CCCCCC1. The summed E-state index contributed by atoms with van der Waals surface area (Å²) in [6.45, 7) is 0. The first-order chi connectivity index (χ1) is 8.79. The van der Waals surface area contributed by atoms with Crippen molar-refractivity contribution in [1.29, 1.82) is 0 Å². The summed E-state index contributed by atoms with van der Waals surface area (Å²) in [5.74, 6) is 6.53. The molecule has 0 spiro atoms. The molecule has 1 unspecified atom stereocenters. The summed E-state index contributed by atoms with van der Waals surface area (Å²) in [6.07, 6.45) is 9.26. The van der Waals surface area contributed by atoms with Gasteiger partial charge in [0.2, 0.25) is 0 Å². The molecular weight excluding hydrogens is 335 g/mol. The molecule has 3 heteroatoms. The van der Waals surface area contributed by atoms with Gasteiger partial charge in [-0.05, 0) is 65.5 Å². The van der Waals surface area contributed by atoms with Crippen LogP contribution in [0.5, 0.6) is 0 Å². The van der Waals surface area contributed by atoms with Crippen LogP contribution in [0.2, 0.25) is 0 Å². The summed E-state index contributed by atoms with van der Waals surface area (Å²) in [6, 6.07) is 9.24. The molecule has 0 aliphatic heterocycles. The lowest BCUT2D eigenvalue weighted by atomic mass is 9.88. The van der Waals surface area contributed by atoms with Crippen LogP contribution < -0.4 is 11.3 Å². The molecule has 1 aliphatic carbocycles. The average Bonchev–Trinajstić information content (AvgIpc) is 2.67. The summed E-state index contributed by atoms with van der Waals surface area (Å²) in [4.78, 5) is 0. The largest absolute Gasteiger partial charge is 0.271 e. The Labute approximate surface area is 124 Å². The second-order valence-electron chi connectivity index (χ2n) is 5.36. The number of benzene rings is 1. The maximum absolute atomic E-state index is 5.78. The van der Waals surface area contributed by atoms with Gasteiger partial charge in [0.1, 0.15) is 0 Å². The van der Waals surface area contributed by atoms with Crippen molar-refractivity contribution in [2.75, 3.05) is 0 Å². The lowest BCUT2D eigenvalue weighted by Gasteiger charge is -2.25. The minimum atomic E-state index is 0.433. The Balaban J connectivity index is 1.97. The first-order valence-electron chi connectivity index (χ1n) is 7.00. The zero-order chi connectivity index (χ0) is 12.8. The van der Waals surface area contributed by atoms with Gasteiger partial charge in [0.25, 0.3) is 0 Å². The molecular formula is C15H23IN2. The Hall–Kier alpha value is -0.130. The monoisotopic (exact) mass is 358 g/mol. The van der Waals surface area contributed by atoms with Crippen molar-refractivity contribution in [3.05, 3.63) is 33.4 Å². The fraction of sp³-hybridized carbons (Fsp3) is 0.600. The Bertz CT molecular complexity index is 342. The number of rotatable bonds is 4. The van der Waals surface area contributed by atoms with Crippen LogP contribution in [0.3, 0.4) is 0 Å². The summed E-state index contributed by atoms with van der Waals surface area (Å²) in [7, 11) is 0. The zero-order valence-electron chi connectivity index (χ0n) is 10.9. The van der Waals surface area contributed by atoms with Crippen molar-refractivity contribution >= 4 is 22.6 Å². The smallest absolute Gasteiger partial charge is 0.0279 e. The van der Waals surface area contributed by atoms with Gasteiger partial charge < -0.3 is 0 Å². The Morgan fingerprint density at radius 1 is 1.11 bits per heavy atom. The lowest BCUT2D eigenvalue weighted by Crippen LogP contribution is -2.42. The van der Waals surface area contributed by atoms with E-state index in [1.165, 1.54) is 47.7 Å². The highest BCUT2D eigenvalue weighted by Gasteiger charge is 2.21. The van der Waals surface area contributed by atoms with Crippen molar-refractivity contribution in [2.45, 2.75) is 51.0 Å². The minimum Gasteiger partial charge on any atom is -0.271 e. The van der Waals surface area contributed by atoms with E-state index in [1.54, 1.807) is 0 Å². The second kappa shape index (κ2) is 7.46. The number of hydrogen-bond acceptors (Lipinski definition) is 2. The van der Waals surface area contributed by atoms with Gasteiger partial charge in [-0.2, -0.15) is 0 Å². The highest BCUT2D eigenvalue weighted by molar-refractivity contribution is 14.1. The molecule has 0 radical (unpaired) electrons. The maximum Gasteiger partial charge on any atom is 0.0279 e. The van der Waals surface area contributed by atoms with Gasteiger partial charge in [0.05, 0.1) is 0 Å². The molecule has 1 atom stereocenters. The molecule has 1 aromatic carbocycles. The molecule has 0 amide bonds. The van der Waals surface area contributed by atoms with Gasteiger partial charge in [-0.1, -0.05) is 37.8 Å². The molecule has 0 saturated heterocycles. The number of nitrogens with two attached hydrogens (primary N) is 1. The van der Waals surface area contributed by atoms with Crippen LogP contribution in [0.1, 0.15) is 44.1 Å². The van der Waals surface area contributed by atoms with Gasteiger partial charge in [-0.3, -0.25) is 11.3 Å². The van der Waals surface area contributed by atoms with E-state index >= 15 is 0 Å². The van der Waals surface area contributed by atoms with Gasteiger partial charge in [-0.15, -0.1) is 0 Å². The van der Waals surface area contributed by atoms with Crippen LogP contribution in [0.25, 0.3) is 0 Å². The van der Waals surface area contributed by atoms with E-state index in [0.717, 1.165) is 12.3 Å². The predicted octanol–water partition coefficient (Wildman–Crippen LogP) is 3.64. The fourth-order valence-corrected chi connectivity index (χ4v) is 3.31. The quantitative estimate of drug-likeness (QED) is 0.373. The third-order valence-electron chi connectivity index (χ3n) is 4.05. The molecule has 2 rings (SSSR count). The minimum absolute atomic E-state index is 0.433. The predicted molar refractivity (Wildman–Crippen MR) is 85.2 cm³/mol. The van der Waals surface area contributed by atoms with Crippen LogP contribution >= 0.6 is 22.6 Å². The second-order valence-corrected chi connectivity index (χ2v) is 6.60. The van der Waals surface area contributed by atoms with Gasteiger partial charge in [0, 0.05) is 9.61 Å². The molecule has 0 aromatic heterocycles. The van der Waals surface area contributed by atoms with Gasteiger partial charge in [-0.25, -0.2) is 0 Å². The number of hydrogen-bond donors (Lipinski definition) is 2. The Kier molecular flexibility index (Phi) is 5.92. The summed E-state index contributed by atoms with van der Waals surface area (Å²) < 4.78 is 1.29. The molecule has 1 aromatic rings. The lowest BCUT2D eigenvalue weighted by molar-refractivity contribution is 0.320. The Morgan fingerprint density at radius 2 is 1.72 bits per heavy atom. The van der Waals surface area contributed by atoms with Crippen LogP contribution in [-0.4, -0.2) is 6.04 Å². The van der Waals surface area contributed by atoms with Crippen LogP contribution in [0.4, 0.5) is 0 Å². The van der Waals surface area contributed by atoms with E-state index in [-0.39, 0.29) is 0 Å². The van der Waals surface area contributed by atoms with Crippen LogP contribution in [-0.2, 0) is 6.42 Å². The normalized spacial score (nSPS) is 19.4. The van der Waals surface area contributed by atoms with Crippen molar-refractivity contribution in [2.24, 2.45) is 11.8 Å². The van der Waals surface area contributed by atoms with Crippen molar-refractivity contribution in [3.8, 4) is 0 Å². The van der Waals surface area contributed by atoms with Gasteiger partial charge >= 0.3 is 0 Å². The van der Waals surface area contributed by atoms with E-state index in [0.29, 0.717) is 6.04 Å². The molecule has 1 saturated carbocycles. The molecule has 1 fully saturated rings. The third kappa shape index (κ3) is 4.21. The zero-order valence-corrected chi connectivity index (χ0v) is 13.0. The summed E-state index contributed by atoms with van der Waals surface area (Å²) in [5, 5.41) is 0. The van der Waals surface area contributed by atoms with E-state index in [1.807, 2.05) is 0 Å². The van der Waals surface area contributed by atoms with E-state index in [4.69, 9.17) is 5.84 Å². The Morgan fingerprint density at radius 3 is 2.28 bits per heavy atom. The van der Waals surface area contributed by atoms with Crippen LogP contribution in [0.15, 0.2) is 24.3 Å². The van der Waals surface area contributed by atoms with Gasteiger partial charge in [0.15, 0.2) is 0 Å². The van der Waals surface area contributed by atoms with Crippen molar-refractivity contribution in [3.63, 3.8) is 0 Å². The summed E-state index contributed by atoms with van der Waals surface area (Å²) >= 11 is 2.35. The molecule has 1 aliphatic rings. The number of halogens is 1. The van der Waals surface area contributed by atoms with E-state index in [2.05, 4.69) is 52.3 Å². The third-order valence-corrected chi connectivity index (χ3v) is 4.77. The molecule has 18 heavy (non-hydrogen) atoms. The fourth-order valence-electron chi connectivity index (χ4n) is 2.95. The van der Waals surface area contributed by atoms with Crippen molar-refractivity contribution in [1.82, 2.24) is 5.43 Å². The van der Waals surface area contributed by atoms with Crippen LogP contribution in [0, 0.1) is 9.49 Å². The average molecular weight is 358 g/mol. The topological polar surface area (TPSA) is 38.0 Å². The molecule has 0 bridgehead atoms. The number of nitrogens with one attached hydrogen (secondary N) is 1. The van der Waals surface area contributed by atoms with E-state index < -0.39 is 0 Å². The first kappa shape index (κ1) is 14.3. The number of hydrazine groups is 1.